The lowest BCUT2D eigenvalue weighted by Gasteiger charge is -2.26. The van der Waals surface area contributed by atoms with Crippen LogP contribution in [-0.2, 0) is 26.8 Å². The molecule has 34 heavy (non-hydrogen) atoms. The number of carbonyl (C=O) groups is 2. The molecule has 0 unspecified atom stereocenters. The summed E-state index contributed by atoms with van der Waals surface area (Å²) in [6, 6.07) is 22.1. The molecule has 0 radical (unpaired) electrons. The molecule has 0 atom stereocenters. The zero-order chi connectivity index (χ0) is 24.0. The number of sulfone groups is 1. The van der Waals surface area contributed by atoms with Gasteiger partial charge in [0.2, 0.25) is 5.91 Å². The van der Waals surface area contributed by atoms with Crippen LogP contribution >= 0.6 is 11.8 Å². The van der Waals surface area contributed by atoms with Gasteiger partial charge in [0.1, 0.15) is 0 Å². The van der Waals surface area contributed by atoms with Crippen molar-refractivity contribution in [3.05, 3.63) is 95.6 Å². The minimum Gasteiger partial charge on any atom is -0.341 e. The maximum atomic E-state index is 12.6. The van der Waals surface area contributed by atoms with Crippen LogP contribution < -0.4 is 5.32 Å². The summed E-state index contributed by atoms with van der Waals surface area (Å²) >= 11 is 1.87. The van der Waals surface area contributed by atoms with Crippen molar-refractivity contribution in [2.75, 3.05) is 29.9 Å². The van der Waals surface area contributed by atoms with Gasteiger partial charge in [-0.1, -0.05) is 42.5 Å². The van der Waals surface area contributed by atoms with Gasteiger partial charge in [-0.05, 0) is 47.5 Å². The fourth-order valence-electron chi connectivity index (χ4n) is 3.69. The third-order valence-corrected chi connectivity index (χ3v) is 8.25. The summed E-state index contributed by atoms with van der Waals surface area (Å²) in [6.45, 7) is 1.60. The Hall–Kier alpha value is -3.10. The Morgan fingerprint density at radius 2 is 1.44 bits per heavy atom. The van der Waals surface area contributed by atoms with Gasteiger partial charge in [0, 0.05) is 35.8 Å². The minimum atomic E-state index is -3.44. The van der Waals surface area contributed by atoms with Gasteiger partial charge in [-0.15, -0.1) is 0 Å². The second-order valence-corrected chi connectivity index (χ2v) is 11.3. The first-order valence-corrected chi connectivity index (χ1v) is 13.8. The van der Waals surface area contributed by atoms with E-state index in [0.717, 1.165) is 30.2 Å². The number of carbonyl (C=O) groups excluding carboxylic acids is 2. The van der Waals surface area contributed by atoms with E-state index in [1.54, 1.807) is 66.7 Å². The molecule has 6 nitrogen and oxygen atoms in total. The number of nitrogens with zero attached hydrogens (tertiary/aromatic N) is 1. The van der Waals surface area contributed by atoms with Crippen molar-refractivity contribution in [3.8, 4) is 0 Å². The Morgan fingerprint density at radius 1 is 0.824 bits per heavy atom. The van der Waals surface area contributed by atoms with Crippen LogP contribution in [0.4, 0.5) is 5.69 Å². The molecular formula is C26H26N2O4S2. The van der Waals surface area contributed by atoms with Crippen LogP contribution in [0.3, 0.4) is 0 Å². The standard InChI is InChI=1S/C26H26N2O4S2/c29-25(28-14-16-33-17-15-28)18-20-8-12-23(13-9-20)27-26(30)22-10-6-21(7-11-22)19-34(31,32)24-4-2-1-3-5-24/h1-13H,14-19H2,(H,27,30). The highest BCUT2D eigenvalue weighted by Crippen LogP contribution is 2.18. The number of anilines is 1. The number of benzene rings is 3. The molecule has 4 rings (SSSR count). The fourth-order valence-corrected chi connectivity index (χ4v) is 5.96. The molecule has 1 aliphatic heterocycles. The van der Waals surface area contributed by atoms with Crippen molar-refractivity contribution < 1.29 is 18.0 Å². The summed E-state index contributed by atoms with van der Waals surface area (Å²) in [6.07, 6.45) is 0.353. The lowest BCUT2D eigenvalue weighted by atomic mass is 10.1. The summed E-state index contributed by atoms with van der Waals surface area (Å²) < 4.78 is 25.1. The topological polar surface area (TPSA) is 83.6 Å². The first-order chi connectivity index (χ1) is 16.4. The lowest BCUT2D eigenvalue weighted by Crippen LogP contribution is -2.38. The van der Waals surface area contributed by atoms with E-state index in [1.807, 2.05) is 28.8 Å². The summed E-state index contributed by atoms with van der Waals surface area (Å²) in [5.41, 5.74) is 2.58. The molecule has 8 heteroatoms. The molecule has 1 saturated heterocycles. The summed E-state index contributed by atoms with van der Waals surface area (Å²) in [5, 5.41) is 2.84. The quantitative estimate of drug-likeness (QED) is 0.536. The third kappa shape index (κ3) is 6.27. The zero-order valence-electron chi connectivity index (χ0n) is 18.6. The second kappa shape index (κ2) is 10.9. The molecule has 1 fully saturated rings. The number of hydrogen-bond donors (Lipinski definition) is 1. The molecule has 2 amide bonds. The van der Waals surface area contributed by atoms with Gasteiger partial charge >= 0.3 is 0 Å². The van der Waals surface area contributed by atoms with Crippen LogP contribution in [0.25, 0.3) is 0 Å². The van der Waals surface area contributed by atoms with Crippen molar-refractivity contribution >= 4 is 39.1 Å². The van der Waals surface area contributed by atoms with E-state index >= 15 is 0 Å². The number of amides is 2. The molecule has 3 aromatic carbocycles. The van der Waals surface area contributed by atoms with Gasteiger partial charge in [0.15, 0.2) is 9.84 Å². The molecule has 1 aliphatic rings. The number of thioether (sulfide) groups is 1. The number of rotatable bonds is 7. The highest BCUT2D eigenvalue weighted by Gasteiger charge is 2.17. The van der Waals surface area contributed by atoms with Crippen LogP contribution in [0.1, 0.15) is 21.5 Å². The minimum absolute atomic E-state index is 0.130. The monoisotopic (exact) mass is 494 g/mol. The van der Waals surface area contributed by atoms with Crippen molar-refractivity contribution in [2.24, 2.45) is 0 Å². The molecular weight excluding hydrogens is 468 g/mol. The number of hydrogen-bond acceptors (Lipinski definition) is 5. The van der Waals surface area contributed by atoms with E-state index < -0.39 is 9.84 Å². The van der Waals surface area contributed by atoms with Gasteiger partial charge in [-0.3, -0.25) is 9.59 Å². The van der Waals surface area contributed by atoms with E-state index in [2.05, 4.69) is 5.32 Å². The van der Waals surface area contributed by atoms with Crippen LogP contribution in [0.5, 0.6) is 0 Å². The molecule has 176 valence electrons. The maximum absolute atomic E-state index is 12.6. The Bertz CT molecular complexity index is 1240. The lowest BCUT2D eigenvalue weighted by molar-refractivity contribution is -0.130. The van der Waals surface area contributed by atoms with Crippen LogP contribution in [0, 0.1) is 0 Å². The first-order valence-electron chi connectivity index (χ1n) is 11.0. The van der Waals surface area contributed by atoms with Gasteiger partial charge < -0.3 is 10.2 Å². The molecule has 0 bridgehead atoms. The molecule has 0 spiro atoms. The van der Waals surface area contributed by atoms with Crippen molar-refractivity contribution in [3.63, 3.8) is 0 Å². The average Bonchev–Trinajstić information content (AvgIpc) is 2.86. The van der Waals surface area contributed by atoms with Crippen LogP contribution in [0.15, 0.2) is 83.8 Å². The fraction of sp³-hybridized carbons (Fsp3) is 0.231. The van der Waals surface area contributed by atoms with Gasteiger partial charge in [-0.25, -0.2) is 8.42 Å². The Labute approximate surface area is 204 Å². The summed E-state index contributed by atoms with van der Waals surface area (Å²) in [7, 11) is -3.44. The molecule has 0 aliphatic carbocycles. The number of nitrogens with one attached hydrogen (secondary N) is 1. The molecule has 0 aromatic heterocycles. The average molecular weight is 495 g/mol. The Balaban J connectivity index is 1.33. The normalized spacial score (nSPS) is 13.9. The summed E-state index contributed by atoms with van der Waals surface area (Å²) in [5.74, 6) is 1.69. The van der Waals surface area contributed by atoms with Crippen molar-refractivity contribution in [1.82, 2.24) is 4.90 Å². The van der Waals surface area contributed by atoms with E-state index in [0.29, 0.717) is 23.2 Å². The smallest absolute Gasteiger partial charge is 0.255 e. The summed E-state index contributed by atoms with van der Waals surface area (Å²) in [4.78, 5) is 27.2. The van der Waals surface area contributed by atoms with E-state index in [9.17, 15) is 18.0 Å². The highest BCUT2D eigenvalue weighted by atomic mass is 32.2. The van der Waals surface area contributed by atoms with Gasteiger partial charge in [-0.2, -0.15) is 11.8 Å². The van der Waals surface area contributed by atoms with Crippen molar-refractivity contribution in [1.29, 1.82) is 0 Å². The first kappa shape index (κ1) is 24.0. The Morgan fingerprint density at radius 3 is 2.09 bits per heavy atom. The van der Waals surface area contributed by atoms with E-state index in [1.165, 1.54) is 0 Å². The van der Waals surface area contributed by atoms with Crippen LogP contribution in [-0.4, -0.2) is 49.7 Å². The maximum Gasteiger partial charge on any atom is 0.255 e. The van der Waals surface area contributed by atoms with E-state index in [-0.39, 0.29) is 22.5 Å². The van der Waals surface area contributed by atoms with Crippen LogP contribution in [0.2, 0.25) is 0 Å². The van der Waals surface area contributed by atoms with E-state index in [4.69, 9.17) is 0 Å². The predicted molar refractivity (Wildman–Crippen MR) is 136 cm³/mol. The molecule has 1 N–H and O–H groups in total. The van der Waals surface area contributed by atoms with Gasteiger partial charge in [0.05, 0.1) is 17.1 Å². The molecule has 3 aromatic rings. The molecule has 1 heterocycles. The largest absolute Gasteiger partial charge is 0.341 e. The Kier molecular flexibility index (Phi) is 7.70. The second-order valence-electron chi connectivity index (χ2n) is 8.09. The molecule has 0 saturated carbocycles. The predicted octanol–water partition coefficient (Wildman–Crippen LogP) is 4.03. The zero-order valence-corrected chi connectivity index (χ0v) is 20.3. The SMILES string of the molecule is O=C(Nc1ccc(CC(=O)N2CCSCC2)cc1)c1ccc(CS(=O)(=O)c2ccccc2)cc1. The van der Waals surface area contributed by atoms with Crippen molar-refractivity contribution in [2.45, 2.75) is 17.1 Å². The van der Waals surface area contributed by atoms with Gasteiger partial charge in [0.25, 0.3) is 5.91 Å². The third-order valence-electron chi connectivity index (χ3n) is 5.61. The highest BCUT2D eigenvalue weighted by molar-refractivity contribution is 7.99.